The van der Waals surface area contributed by atoms with Crippen LogP contribution in [0.2, 0.25) is 0 Å². The number of H-pyrrole nitrogens is 1. The monoisotopic (exact) mass is 399 g/mol. The molecule has 0 aliphatic rings. The Hall–Kier alpha value is -3.93. The summed E-state index contributed by atoms with van der Waals surface area (Å²) in [5.74, 6) is 0.287. The number of esters is 1. The normalized spacial score (nSPS) is 10.6. The van der Waals surface area contributed by atoms with Crippen LogP contribution in [-0.2, 0) is 11.3 Å². The molecule has 0 aliphatic carbocycles. The van der Waals surface area contributed by atoms with Gasteiger partial charge in [-0.1, -0.05) is 66.7 Å². The number of hydrogen-bond donors (Lipinski definition) is 1. The van der Waals surface area contributed by atoms with Crippen molar-refractivity contribution in [2.45, 2.75) is 13.5 Å². The van der Waals surface area contributed by atoms with Crippen LogP contribution in [0.4, 0.5) is 0 Å². The van der Waals surface area contributed by atoms with Crippen LogP contribution in [-0.4, -0.2) is 28.0 Å². The van der Waals surface area contributed by atoms with Gasteiger partial charge in [0, 0.05) is 5.56 Å². The highest BCUT2D eigenvalue weighted by molar-refractivity contribution is 5.96. The van der Waals surface area contributed by atoms with Gasteiger partial charge in [0.15, 0.2) is 5.69 Å². The fourth-order valence-corrected chi connectivity index (χ4v) is 3.17. The van der Waals surface area contributed by atoms with E-state index in [4.69, 9.17) is 9.47 Å². The molecule has 1 aromatic heterocycles. The van der Waals surface area contributed by atoms with Crippen LogP contribution in [0.3, 0.4) is 0 Å². The van der Waals surface area contributed by atoms with Gasteiger partial charge in [-0.05, 0) is 35.7 Å². The molecule has 1 N–H and O–H groups in total. The molecule has 6 heteroatoms. The third-order valence-electron chi connectivity index (χ3n) is 4.61. The van der Waals surface area contributed by atoms with Gasteiger partial charge in [0.05, 0.1) is 6.61 Å². The van der Waals surface area contributed by atoms with E-state index in [0.29, 0.717) is 12.3 Å². The van der Waals surface area contributed by atoms with E-state index in [0.717, 1.165) is 28.0 Å². The summed E-state index contributed by atoms with van der Waals surface area (Å²) in [6, 6.07) is 25.6. The number of rotatable bonds is 7. The number of nitrogens with one attached hydrogen (secondary N) is 1. The zero-order chi connectivity index (χ0) is 20.8. The number of aromatic amines is 1. The SMILES string of the molecule is CCOC(=O)c1n[nH]nc1-c1ccccc1-c1ccc(OCc2ccccc2)cc1. The molecule has 0 saturated heterocycles. The summed E-state index contributed by atoms with van der Waals surface area (Å²) in [6.45, 7) is 2.54. The van der Waals surface area contributed by atoms with E-state index >= 15 is 0 Å². The van der Waals surface area contributed by atoms with Crippen molar-refractivity contribution in [1.29, 1.82) is 0 Å². The van der Waals surface area contributed by atoms with E-state index < -0.39 is 5.97 Å². The van der Waals surface area contributed by atoms with E-state index in [9.17, 15) is 4.79 Å². The van der Waals surface area contributed by atoms with Crippen LogP contribution in [0.5, 0.6) is 5.75 Å². The maximum atomic E-state index is 12.2. The molecule has 0 radical (unpaired) electrons. The summed E-state index contributed by atoms with van der Waals surface area (Å²) >= 11 is 0. The van der Waals surface area contributed by atoms with Crippen molar-refractivity contribution in [1.82, 2.24) is 15.4 Å². The molecule has 0 bridgehead atoms. The average molecular weight is 399 g/mol. The molecule has 0 fully saturated rings. The highest BCUT2D eigenvalue weighted by Gasteiger charge is 2.21. The number of carbonyl (C=O) groups is 1. The van der Waals surface area contributed by atoms with Crippen LogP contribution >= 0.6 is 0 Å². The van der Waals surface area contributed by atoms with E-state index in [1.54, 1.807) is 6.92 Å². The Morgan fingerprint density at radius 2 is 1.57 bits per heavy atom. The molecule has 1 heterocycles. The molecule has 150 valence electrons. The molecule has 0 amide bonds. The Bertz CT molecular complexity index is 1120. The van der Waals surface area contributed by atoms with Crippen molar-refractivity contribution in [2.24, 2.45) is 0 Å². The van der Waals surface area contributed by atoms with Gasteiger partial charge in [0.25, 0.3) is 0 Å². The summed E-state index contributed by atoms with van der Waals surface area (Å²) < 4.78 is 11.0. The predicted octanol–water partition coefficient (Wildman–Crippen LogP) is 4.89. The molecule has 30 heavy (non-hydrogen) atoms. The maximum absolute atomic E-state index is 12.2. The molecule has 0 aliphatic heterocycles. The molecular formula is C24H21N3O3. The molecule has 0 spiro atoms. The van der Waals surface area contributed by atoms with Gasteiger partial charge in [-0.3, -0.25) is 0 Å². The van der Waals surface area contributed by atoms with E-state index in [-0.39, 0.29) is 12.3 Å². The third kappa shape index (κ3) is 4.22. The second-order valence-electron chi connectivity index (χ2n) is 6.59. The summed E-state index contributed by atoms with van der Waals surface area (Å²) in [7, 11) is 0. The van der Waals surface area contributed by atoms with Gasteiger partial charge >= 0.3 is 5.97 Å². The number of hydrogen-bond acceptors (Lipinski definition) is 5. The zero-order valence-electron chi connectivity index (χ0n) is 16.5. The van der Waals surface area contributed by atoms with Crippen molar-refractivity contribution in [2.75, 3.05) is 6.61 Å². The fourth-order valence-electron chi connectivity index (χ4n) is 3.17. The Labute approximate surface area is 174 Å². The minimum Gasteiger partial charge on any atom is -0.489 e. The lowest BCUT2D eigenvalue weighted by molar-refractivity contribution is 0.0520. The van der Waals surface area contributed by atoms with E-state index in [1.165, 1.54) is 0 Å². The Balaban J connectivity index is 1.59. The molecule has 0 saturated carbocycles. The molecule has 3 aromatic carbocycles. The molecular weight excluding hydrogens is 378 g/mol. The van der Waals surface area contributed by atoms with Gasteiger partial charge in [-0.2, -0.15) is 10.3 Å². The van der Waals surface area contributed by atoms with Gasteiger partial charge in [-0.15, -0.1) is 5.10 Å². The lowest BCUT2D eigenvalue weighted by Gasteiger charge is -2.10. The molecule has 6 nitrogen and oxygen atoms in total. The number of aromatic nitrogens is 3. The second kappa shape index (κ2) is 9.05. The van der Waals surface area contributed by atoms with Gasteiger partial charge in [0.2, 0.25) is 0 Å². The Morgan fingerprint density at radius 3 is 2.30 bits per heavy atom. The summed E-state index contributed by atoms with van der Waals surface area (Å²) in [5, 5.41) is 10.7. The number of carbonyl (C=O) groups excluding carboxylic acids is 1. The van der Waals surface area contributed by atoms with Gasteiger partial charge in [0.1, 0.15) is 18.1 Å². The van der Waals surface area contributed by atoms with E-state index in [2.05, 4.69) is 15.4 Å². The second-order valence-corrected chi connectivity index (χ2v) is 6.59. The number of ether oxygens (including phenoxy) is 2. The number of benzene rings is 3. The summed E-state index contributed by atoms with van der Waals surface area (Å²) in [5.41, 5.74) is 4.47. The van der Waals surface area contributed by atoms with Crippen LogP contribution in [0.15, 0.2) is 78.9 Å². The Morgan fingerprint density at radius 1 is 0.867 bits per heavy atom. The minimum atomic E-state index is -0.499. The van der Waals surface area contributed by atoms with E-state index in [1.807, 2.05) is 78.9 Å². The maximum Gasteiger partial charge on any atom is 0.361 e. The Kier molecular flexibility index (Phi) is 5.85. The van der Waals surface area contributed by atoms with Crippen LogP contribution < -0.4 is 4.74 Å². The van der Waals surface area contributed by atoms with Gasteiger partial charge in [-0.25, -0.2) is 4.79 Å². The lowest BCUT2D eigenvalue weighted by Crippen LogP contribution is -2.07. The smallest absolute Gasteiger partial charge is 0.361 e. The third-order valence-corrected chi connectivity index (χ3v) is 4.61. The molecule has 4 aromatic rings. The van der Waals surface area contributed by atoms with Crippen molar-refractivity contribution < 1.29 is 14.3 Å². The highest BCUT2D eigenvalue weighted by Crippen LogP contribution is 2.33. The fraction of sp³-hybridized carbons (Fsp3) is 0.125. The minimum absolute atomic E-state index is 0.173. The topological polar surface area (TPSA) is 77.1 Å². The van der Waals surface area contributed by atoms with Crippen molar-refractivity contribution in [3.8, 4) is 28.1 Å². The first-order chi connectivity index (χ1) is 14.8. The molecule has 4 rings (SSSR count). The first-order valence-electron chi connectivity index (χ1n) is 9.70. The first kappa shape index (κ1) is 19.4. The van der Waals surface area contributed by atoms with Crippen LogP contribution in [0, 0.1) is 0 Å². The lowest BCUT2D eigenvalue weighted by atomic mass is 9.97. The standard InChI is InChI=1S/C24H21N3O3/c1-2-29-24(28)23-22(25-27-26-23)21-11-7-6-10-20(21)18-12-14-19(15-13-18)30-16-17-8-4-3-5-9-17/h3-15H,2,16H2,1H3,(H,25,26,27). The van der Waals surface area contributed by atoms with Crippen molar-refractivity contribution >= 4 is 5.97 Å². The predicted molar refractivity (Wildman–Crippen MR) is 114 cm³/mol. The average Bonchev–Trinajstić information content (AvgIpc) is 3.29. The summed E-state index contributed by atoms with van der Waals surface area (Å²) in [6.07, 6.45) is 0. The van der Waals surface area contributed by atoms with Crippen LogP contribution in [0.1, 0.15) is 23.0 Å². The zero-order valence-corrected chi connectivity index (χ0v) is 16.5. The first-order valence-corrected chi connectivity index (χ1v) is 9.70. The molecule has 0 atom stereocenters. The van der Waals surface area contributed by atoms with Gasteiger partial charge < -0.3 is 9.47 Å². The number of nitrogens with zero attached hydrogens (tertiary/aromatic N) is 2. The highest BCUT2D eigenvalue weighted by atomic mass is 16.5. The largest absolute Gasteiger partial charge is 0.489 e. The van der Waals surface area contributed by atoms with Crippen molar-refractivity contribution in [3.05, 3.63) is 90.1 Å². The molecule has 0 unspecified atom stereocenters. The summed E-state index contributed by atoms with van der Waals surface area (Å²) in [4.78, 5) is 12.2. The quantitative estimate of drug-likeness (QED) is 0.448. The van der Waals surface area contributed by atoms with Crippen LogP contribution in [0.25, 0.3) is 22.4 Å². The van der Waals surface area contributed by atoms with Crippen molar-refractivity contribution in [3.63, 3.8) is 0 Å².